The van der Waals surface area contributed by atoms with E-state index in [2.05, 4.69) is 4.89 Å². The number of hydrogen-bond acceptors (Lipinski definition) is 8. The van der Waals surface area contributed by atoms with Crippen molar-refractivity contribution in [3.63, 3.8) is 0 Å². The van der Waals surface area contributed by atoms with Crippen LogP contribution in [0.2, 0.25) is 0 Å². The molecule has 0 radical (unpaired) electrons. The first-order valence-electron chi connectivity index (χ1n) is 3.28. The molecule has 0 aromatic heterocycles. The summed E-state index contributed by atoms with van der Waals surface area (Å²) in [6, 6.07) is 0. The van der Waals surface area contributed by atoms with E-state index in [1.807, 2.05) is 0 Å². The summed E-state index contributed by atoms with van der Waals surface area (Å²) in [6.07, 6.45) is -2.72. The van der Waals surface area contributed by atoms with Gasteiger partial charge < -0.3 is 29.7 Å². The Morgan fingerprint density at radius 3 is 1.35 bits per heavy atom. The number of carboxylic acid groups (broad SMARTS) is 3. The molecule has 0 aromatic rings. The fraction of sp³-hybridized carbons (Fsp3) is 0.500. The molecule has 0 bridgehead atoms. The van der Waals surface area contributed by atoms with Crippen LogP contribution in [-0.2, 0) is 19.3 Å². The summed E-state index contributed by atoms with van der Waals surface area (Å²) in [5.74, 6) is -6.01. The van der Waals surface area contributed by atoms with Gasteiger partial charge in [-0.2, -0.15) is 0 Å². The molecule has 17 heavy (non-hydrogen) atoms. The van der Waals surface area contributed by atoms with Gasteiger partial charge in [-0.3, -0.25) is 5.26 Å². The topological polar surface area (TPSA) is 150 Å². The smallest absolute Gasteiger partial charge is 0.550 e. The van der Waals surface area contributed by atoms with Crippen LogP contribution in [0.1, 0.15) is 12.8 Å². The van der Waals surface area contributed by atoms with Crippen LogP contribution in [0.3, 0.4) is 0 Å². The molecule has 80 valence electrons. The average Bonchev–Trinajstić information content (AvgIpc) is 2.00. The van der Waals surface area contributed by atoms with Gasteiger partial charge in [-0.15, -0.1) is 0 Å². The Labute approximate surface area is 163 Å². The Balaban J connectivity index is -0.000000282. The van der Waals surface area contributed by atoms with Crippen molar-refractivity contribution in [2.45, 2.75) is 18.4 Å². The van der Waals surface area contributed by atoms with Gasteiger partial charge >= 0.3 is 88.7 Å². The van der Waals surface area contributed by atoms with E-state index in [9.17, 15) is 29.7 Å². The second-order valence-corrected chi connectivity index (χ2v) is 2.47. The largest absolute Gasteiger partial charge is 1.00 e. The number of aliphatic carboxylic acids is 3. The molecule has 0 aliphatic heterocycles. The molecular weight excluding hydrogens is 269 g/mol. The first-order chi connectivity index (χ1) is 6.34. The van der Waals surface area contributed by atoms with Gasteiger partial charge in [-0.1, -0.05) is 0 Å². The minimum Gasteiger partial charge on any atom is -0.550 e. The third kappa shape index (κ3) is 9.85. The van der Waals surface area contributed by atoms with Gasteiger partial charge in [0.05, 0.1) is 5.97 Å². The van der Waals surface area contributed by atoms with E-state index in [0.717, 1.165) is 0 Å². The summed E-state index contributed by atoms with van der Waals surface area (Å²) in [5, 5.41) is 38.6. The fourth-order valence-electron chi connectivity index (χ4n) is 0.775. The molecule has 0 aliphatic carbocycles. The molecule has 0 rings (SSSR count). The number of carboxylic acids is 3. The van der Waals surface area contributed by atoms with Crippen molar-refractivity contribution in [2.24, 2.45) is 0 Å². The van der Waals surface area contributed by atoms with Gasteiger partial charge in [0.2, 0.25) is 0 Å². The summed E-state index contributed by atoms with van der Waals surface area (Å²) in [5.41, 5.74) is -2.88. The molecule has 0 unspecified atom stereocenters. The first-order valence-corrected chi connectivity index (χ1v) is 3.28. The van der Waals surface area contributed by atoms with E-state index in [1.165, 1.54) is 0 Å². The fourth-order valence-corrected chi connectivity index (χ4v) is 0.775. The van der Waals surface area contributed by atoms with Gasteiger partial charge in [-0.25, -0.2) is 4.89 Å². The molecular formula is C6H5Na3O8. The first kappa shape index (κ1) is 26.8. The second kappa shape index (κ2) is 12.4. The van der Waals surface area contributed by atoms with Gasteiger partial charge in [-0.05, 0) is 0 Å². The Morgan fingerprint density at radius 1 is 0.941 bits per heavy atom. The van der Waals surface area contributed by atoms with Gasteiger partial charge in [0.15, 0.2) is 5.60 Å². The monoisotopic (exact) mass is 274 g/mol. The van der Waals surface area contributed by atoms with Crippen LogP contribution in [0.15, 0.2) is 0 Å². The molecule has 0 fully saturated rings. The maximum atomic E-state index is 10.3. The zero-order valence-corrected chi connectivity index (χ0v) is 15.7. The van der Waals surface area contributed by atoms with Crippen molar-refractivity contribution in [3.8, 4) is 0 Å². The molecule has 8 nitrogen and oxygen atoms in total. The van der Waals surface area contributed by atoms with Crippen molar-refractivity contribution in [1.29, 1.82) is 0 Å². The van der Waals surface area contributed by atoms with Crippen LogP contribution in [0, 0.1) is 0 Å². The number of carbonyl (C=O) groups excluding carboxylic acids is 3. The summed E-state index contributed by atoms with van der Waals surface area (Å²) >= 11 is 0. The van der Waals surface area contributed by atoms with E-state index in [0.29, 0.717) is 0 Å². The summed E-state index contributed by atoms with van der Waals surface area (Å²) in [6.45, 7) is 0. The Morgan fingerprint density at radius 2 is 1.24 bits per heavy atom. The van der Waals surface area contributed by atoms with Crippen LogP contribution in [0.4, 0.5) is 0 Å². The van der Waals surface area contributed by atoms with Gasteiger partial charge in [0.25, 0.3) is 0 Å². The van der Waals surface area contributed by atoms with E-state index < -0.39 is 36.4 Å². The van der Waals surface area contributed by atoms with Crippen molar-refractivity contribution < 1.29 is 129 Å². The minimum atomic E-state index is -2.88. The van der Waals surface area contributed by atoms with E-state index >= 15 is 0 Å². The van der Waals surface area contributed by atoms with Gasteiger partial charge in [0.1, 0.15) is 0 Å². The van der Waals surface area contributed by atoms with Crippen LogP contribution in [-0.4, -0.2) is 28.8 Å². The maximum absolute atomic E-state index is 10.3. The molecule has 0 aliphatic rings. The number of rotatable bonds is 6. The molecule has 0 saturated heterocycles. The Hall–Kier alpha value is 1.33. The van der Waals surface area contributed by atoms with Gasteiger partial charge in [0, 0.05) is 24.8 Å². The quantitative estimate of drug-likeness (QED) is 0.285. The Kier molecular flexibility index (Phi) is 19.5. The van der Waals surface area contributed by atoms with E-state index in [-0.39, 0.29) is 88.7 Å². The second-order valence-electron chi connectivity index (χ2n) is 2.47. The van der Waals surface area contributed by atoms with Crippen LogP contribution >= 0.6 is 0 Å². The predicted molar refractivity (Wildman–Crippen MR) is 30.7 cm³/mol. The molecule has 0 saturated carbocycles. The number of hydrogen-bond donors (Lipinski definition) is 1. The standard InChI is InChI=1S/C6H8O8.3Na/c7-3(8)1-6(14-13,5(11)12)2-4(9)10;;;/h13H,1-2H2,(H,7,8)(H,9,10)(H,11,12);;;/q;3*+1/p-3. The molecule has 11 heteroatoms. The molecule has 0 spiro atoms. The summed E-state index contributed by atoms with van der Waals surface area (Å²) in [7, 11) is 0. The summed E-state index contributed by atoms with van der Waals surface area (Å²) in [4.78, 5) is 33.8. The SMILES string of the molecule is O=C([O-])CC(CC(=O)[O-])(OO)C(=O)[O-].[Na+].[Na+].[Na+]. The van der Waals surface area contributed by atoms with Crippen molar-refractivity contribution in [1.82, 2.24) is 0 Å². The zero-order chi connectivity index (χ0) is 11.4. The minimum absolute atomic E-state index is 0. The normalized spacial score (nSPS) is 9.00. The van der Waals surface area contributed by atoms with Crippen LogP contribution in [0.5, 0.6) is 0 Å². The van der Waals surface area contributed by atoms with Crippen molar-refractivity contribution in [3.05, 3.63) is 0 Å². The zero-order valence-electron chi connectivity index (χ0n) is 9.72. The molecule has 0 aromatic carbocycles. The summed E-state index contributed by atoms with van der Waals surface area (Å²) < 4.78 is 0. The van der Waals surface area contributed by atoms with Crippen molar-refractivity contribution in [2.75, 3.05) is 0 Å². The third-order valence-electron chi connectivity index (χ3n) is 1.41. The predicted octanol–water partition coefficient (Wildman–Crippen LogP) is -13.7. The van der Waals surface area contributed by atoms with E-state index in [4.69, 9.17) is 5.26 Å². The molecule has 0 heterocycles. The molecule has 0 atom stereocenters. The van der Waals surface area contributed by atoms with Crippen molar-refractivity contribution >= 4 is 17.9 Å². The van der Waals surface area contributed by atoms with Crippen LogP contribution < -0.4 is 104 Å². The average molecular weight is 274 g/mol. The Bertz CT molecular complexity index is 252. The van der Waals surface area contributed by atoms with Crippen LogP contribution in [0.25, 0.3) is 0 Å². The maximum Gasteiger partial charge on any atom is 1.00 e. The van der Waals surface area contributed by atoms with E-state index in [1.54, 1.807) is 0 Å². The third-order valence-corrected chi connectivity index (χ3v) is 1.41. The molecule has 0 amide bonds. The number of carbonyl (C=O) groups is 3. The molecule has 1 N–H and O–H groups in total.